The molecule has 1 aliphatic rings. The van der Waals surface area contributed by atoms with Crippen molar-refractivity contribution >= 4 is 0 Å². The van der Waals surface area contributed by atoms with Crippen molar-refractivity contribution in [3.63, 3.8) is 0 Å². The highest BCUT2D eigenvalue weighted by Crippen LogP contribution is 2.45. The van der Waals surface area contributed by atoms with Gasteiger partial charge in [0.2, 0.25) is 0 Å². The fourth-order valence-corrected chi connectivity index (χ4v) is 5.34. The van der Waals surface area contributed by atoms with E-state index in [1.54, 1.807) is 19.3 Å². The van der Waals surface area contributed by atoms with Crippen molar-refractivity contribution in [1.82, 2.24) is 4.90 Å². The van der Waals surface area contributed by atoms with E-state index in [-0.39, 0.29) is 0 Å². The fourth-order valence-electron chi connectivity index (χ4n) is 5.34. The van der Waals surface area contributed by atoms with Crippen molar-refractivity contribution in [2.75, 3.05) is 14.1 Å². The van der Waals surface area contributed by atoms with Crippen molar-refractivity contribution in [3.8, 4) is 0 Å². The molecule has 1 nitrogen and oxygen atoms in total. The Labute approximate surface area is 192 Å². The lowest BCUT2D eigenvalue weighted by Gasteiger charge is -2.24. The summed E-state index contributed by atoms with van der Waals surface area (Å²) >= 11 is 0. The van der Waals surface area contributed by atoms with Crippen LogP contribution in [0.1, 0.15) is 155 Å². The maximum atomic E-state index is 2.49. The maximum absolute atomic E-state index is 2.49. The highest BCUT2D eigenvalue weighted by Gasteiger charge is 2.34. The minimum absolute atomic E-state index is 0.824. The van der Waals surface area contributed by atoms with Crippen molar-refractivity contribution in [1.29, 1.82) is 0 Å². The molecule has 1 saturated carbocycles. The average Bonchev–Trinajstić information content (AvgIpc) is 3.48. The molecule has 0 N–H and O–H groups in total. The van der Waals surface area contributed by atoms with Gasteiger partial charge in [-0.1, -0.05) is 136 Å². The van der Waals surface area contributed by atoms with Crippen LogP contribution in [-0.2, 0) is 0 Å². The van der Waals surface area contributed by atoms with E-state index >= 15 is 0 Å². The van der Waals surface area contributed by atoms with Crippen LogP contribution in [0, 0.1) is 11.8 Å². The van der Waals surface area contributed by atoms with Gasteiger partial charge in [0.1, 0.15) is 0 Å². The van der Waals surface area contributed by atoms with Gasteiger partial charge in [-0.15, -0.1) is 0 Å². The molecule has 0 aromatic rings. The SMILES string of the molecule is CCCCCCCCC(CCCCCCC[C@H]1C[C@@H]1CCCCCCCC)N(C)C. The van der Waals surface area contributed by atoms with Crippen LogP contribution in [-0.4, -0.2) is 25.0 Å². The molecule has 1 fully saturated rings. The van der Waals surface area contributed by atoms with E-state index in [1.807, 2.05) is 0 Å². The molecule has 0 saturated heterocycles. The molecule has 0 spiro atoms. The van der Waals surface area contributed by atoms with Crippen LogP contribution in [0.2, 0.25) is 0 Å². The van der Waals surface area contributed by atoms with Crippen LogP contribution in [0.3, 0.4) is 0 Å². The molecule has 0 aliphatic heterocycles. The highest BCUT2D eigenvalue weighted by atomic mass is 15.1. The third-order valence-corrected chi connectivity index (χ3v) is 7.73. The van der Waals surface area contributed by atoms with Crippen molar-refractivity contribution in [3.05, 3.63) is 0 Å². The topological polar surface area (TPSA) is 3.24 Å². The lowest BCUT2D eigenvalue weighted by atomic mass is 9.99. The van der Waals surface area contributed by atoms with E-state index in [2.05, 4.69) is 32.8 Å². The first-order valence-electron chi connectivity index (χ1n) is 14.3. The second-order valence-corrected chi connectivity index (χ2v) is 10.8. The molecule has 0 radical (unpaired) electrons. The summed E-state index contributed by atoms with van der Waals surface area (Å²) < 4.78 is 0. The lowest BCUT2D eigenvalue weighted by Crippen LogP contribution is -2.27. The minimum Gasteiger partial charge on any atom is -0.306 e. The van der Waals surface area contributed by atoms with E-state index in [9.17, 15) is 0 Å². The molecule has 0 bridgehead atoms. The van der Waals surface area contributed by atoms with Crippen LogP contribution < -0.4 is 0 Å². The minimum atomic E-state index is 0.824. The van der Waals surface area contributed by atoms with Gasteiger partial charge < -0.3 is 4.90 Å². The second-order valence-electron chi connectivity index (χ2n) is 10.8. The van der Waals surface area contributed by atoms with E-state index in [1.165, 1.54) is 122 Å². The predicted molar refractivity (Wildman–Crippen MR) is 137 cm³/mol. The third-order valence-electron chi connectivity index (χ3n) is 7.73. The van der Waals surface area contributed by atoms with E-state index < -0.39 is 0 Å². The van der Waals surface area contributed by atoms with Gasteiger partial charge >= 0.3 is 0 Å². The van der Waals surface area contributed by atoms with Gasteiger partial charge in [-0.3, -0.25) is 0 Å². The molecule has 30 heavy (non-hydrogen) atoms. The van der Waals surface area contributed by atoms with Crippen LogP contribution in [0.5, 0.6) is 0 Å². The van der Waals surface area contributed by atoms with Crippen LogP contribution in [0.25, 0.3) is 0 Å². The Morgan fingerprint density at radius 2 is 0.900 bits per heavy atom. The van der Waals surface area contributed by atoms with E-state index in [4.69, 9.17) is 0 Å². The van der Waals surface area contributed by atoms with Crippen LogP contribution in [0.15, 0.2) is 0 Å². The molecular formula is C29H59N. The third kappa shape index (κ3) is 15.7. The zero-order chi connectivity index (χ0) is 21.9. The van der Waals surface area contributed by atoms with Crippen LogP contribution in [0.4, 0.5) is 0 Å². The predicted octanol–water partition coefficient (Wildman–Crippen LogP) is 9.78. The molecule has 1 unspecified atom stereocenters. The van der Waals surface area contributed by atoms with Gasteiger partial charge in [0, 0.05) is 6.04 Å². The number of unbranched alkanes of at least 4 members (excludes halogenated alkanes) is 14. The summed E-state index contributed by atoms with van der Waals surface area (Å²) in [6.07, 6.45) is 32.2. The van der Waals surface area contributed by atoms with Gasteiger partial charge in [-0.25, -0.2) is 0 Å². The second kappa shape index (κ2) is 19.6. The number of nitrogens with zero attached hydrogens (tertiary/aromatic N) is 1. The van der Waals surface area contributed by atoms with Crippen molar-refractivity contribution in [2.45, 2.75) is 161 Å². The van der Waals surface area contributed by atoms with Gasteiger partial charge in [0.25, 0.3) is 0 Å². The standard InChI is InChI=1S/C29H59N/c1-5-7-9-11-14-18-22-27-26-28(27)23-19-15-13-17-21-25-29(30(3)4)24-20-16-12-10-8-6-2/h27-29H,5-26H2,1-4H3/t27-,28-,29?/m0/s1. The summed E-state index contributed by atoms with van der Waals surface area (Å²) in [7, 11) is 4.58. The van der Waals surface area contributed by atoms with Crippen molar-refractivity contribution < 1.29 is 0 Å². The molecule has 0 heterocycles. The normalized spacial score (nSPS) is 19.5. The fraction of sp³-hybridized carbons (Fsp3) is 1.00. The van der Waals surface area contributed by atoms with Gasteiger partial charge in [-0.2, -0.15) is 0 Å². The Hall–Kier alpha value is -0.0400. The summed E-state index contributed by atoms with van der Waals surface area (Å²) in [5, 5.41) is 0. The average molecular weight is 422 g/mol. The number of hydrogen-bond acceptors (Lipinski definition) is 1. The summed E-state index contributed by atoms with van der Waals surface area (Å²) in [5.41, 5.74) is 0. The number of hydrogen-bond donors (Lipinski definition) is 0. The Balaban J connectivity index is 1.87. The molecule has 0 aromatic carbocycles. The Morgan fingerprint density at radius 1 is 0.533 bits per heavy atom. The summed E-state index contributed by atoms with van der Waals surface area (Å²) in [6.45, 7) is 4.62. The first-order valence-corrected chi connectivity index (χ1v) is 14.3. The van der Waals surface area contributed by atoms with Gasteiger partial charge in [-0.05, 0) is 45.2 Å². The molecular weight excluding hydrogens is 362 g/mol. The monoisotopic (exact) mass is 421 g/mol. The zero-order valence-electron chi connectivity index (χ0n) is 21.7. The molecule has 0 amide bonds. The Bertz CT molecular complexity index is 350. The highest BCUT2D eigenvalue weighted by molar-refractivity contribution is 4.85. The molecule has 1 rings (SSSR count). The number of rotatable bonds is 23. The zero-order valence-corrected chi connectivity index (χ0v) is 21.7. The molecule has 3 atom stereocenters. The lowest BCUT2D eigenvalue weighted by molar-refractivity contribution is 0.251. The largest absolute Gasteiger partial charge is 0.306 e. The quantitative estimate of drug-likeness (QED) is 0.148. The van der Waals surface area contributed by atoms with E-state index in [0.29, 0.717) is 0 Å². The Morgan fingerprint density at radius 3 is 1.30 bits per heavy atom. The maximum Gasteiger partial charge on any atom is 0.00891 e. The summed E-state index contributed by atoms with van der Waals surface area (Å²) in [6, 6.07) is 0.824. The van der Waals surface area contributed by atoms with Crippen molar-refractivity contribution in [2.24, 2.45) is 11.8 Å². The molecule has 0 aromatic heterocycles. The Kier molecular flexibility index (Phi) is 18.3. The summed E-state index contributed by atoms with van der Waals surface area (Å²) in [5.74, 6) is 2.25. The van der Waals surface area contributed by atoms with Gasteiger partial charge in [0.05, 0.1) is 0 Å². The first-order chi connectivity index (χ1) is 14.7. The molecule has 1 aliphatic carbocycles. The summed E-state index contributed by atoms with van der Waals surface area (Å²) in [4.78, 5) is 2.49. The molecule has 1 heteroatoms. The van der Waals surface area contributed by atoms with Crippen LogP contribution >= 0.6 is 0 Å². The van der Waals surface area contributed by atoms with E-state index in [0.717, 1.165) is 17.9 Å². The first kappa shape index (κ1) is 28.0. The molecule has 180 valence electrons. The smallest absolute Gasteiger partial charge is 0.00891 e. The van der Waals surface area contributed by atoms with Gasteiger partial charge in [0.15, 0.2) is 0 Å².